The summed E-state index contributed by atoms with van der Waals surface area (Å²) in [6.07, 6.45) is -3.74. The van der Waals surface area contributed by atoms with Gasteiger partial charge in [0.15, 0.2) is 0 Å². The lowest BCUT2D eigenvalue weighted by Crippen LogP contribution is -2.37. The zero-order valence-electron chi connectivity index (χ0n) is 6.35. The van der Waals surface area contributed by atoms with Gasteiger partial charge in [0.05, 0.1) is 6.07 Å². The van der Waals surface area contributed by atoms with Gasteiger partial charge in [-0.15, -0.1) is 0 Å². The molecule has 5 nitrogen and oxygen atoms in total. The zero-order valence-corrected chi connectivity index (χ0v) is 6.35. The summed E-state index contributed by atoms with van der Waals surface area (Å²) >= 11 is 0. The van der Waals surface area contributed by atoms with Gasteiger partial charge in [-0.25, -0.2) is 15.8 Å². The molecule has 0 amide bonds. The number of rotatable bonds is 2. The molecular weight excluding hydrogens is 155 g/mol. The van der Waals surface area contributed by atoms with Crippen molar-refractivity contribution in [2.24, 2.45) is 0 Å². The summed E-state index contributed by atoms with van der Waals surface area (Å²) in [4.78, 5) is 0. The van der Waals surface area contributed by atoms with Gasteiger partial charge in [0.1, 0.15) is 6.10 Å². The van der Waals surface area contributed by atoms with E-state index in [2.05, 4.69) is 4.65 Å². The first-order valence-corrected chi connectivity index (χ1v) is 3.10. The van der Waals surface area contributed by atoms with Crippen LogP contribution in [0.1, 0.15) is 6.92 Å². The first-order valence-electron chi connectivity index (χ1n) is 3.10. The van der Waals surface area contributed by atoms with Crippen molar-refractivity contribution in [2.45, 2.75) is 13.0 Å². The Hall–Kier alpha value is -2.02. The fourth-order valence-corrected chi connectivity index (χ4v) is 0.515. The number of nitrogens with zero attached hydrogens (tertiary/aromatic N) is 4. The Morgan fingerprint density at radius 3 is 1.75 bits per heavy atom. The number of hydrogen-bond acceptors (Lipinski definition) is 5. The van der Waals surface area contributed by atoms with Gasteiger partial charge in [-0.1, -0.05) is 17.9 Å². The first kappa shape index (κ1) is 9.98. The monoisotopic (exact) mass is 159 g/mol. The molecule has 0 aromatic heterocycles. The Labute approximate surface area is 69.9 Å². The van der Waals surface area contributed by atoms with Gasteiger partial charge < -0.3 is 4.65 Å². The van der Waals surface area contributed by atoms with Crippen LogP contribution in [-0.2, 0) is 4.65 Å². The van der Waals surface area contributed by atoms with Crippen LogP contribution in [0.3, 0.4) is 0 Å². The molecule has 0 aliphatic carbocycles. The van der Waals surface area contributed by atoms with Crippen LogP contribution in [0.2, 0.25) is 0 Å². The second-order valence-electron chi connectivity index (χ2n) is 2.08. The molecule has 0 saturated heterocycles. The van der Waals surface area contributed by atoms with E-state index in [-0.39, 0.29) is 0 Å². The second kappa shape index (κ2) is 3.99. The number of nitriles is 4. The molecule has 0 bridgehead atoms. The minimum Gasteiger partial charge on any atom is -0.544 e. The Kier molecular flexibility index (Phi) is 3.32. The Bertz CT molecular complexity index is 289. The molecule has 0 rings (SSSR count). The summed E-state index contributed by atoms with van der Waals surface area (Å²) < 4.78 is 4.65. The maximum atomic E-state index is 8.42. The quantitative estimate of drug-likeness (QED) is 0.529. The molecule has 0 N–H and O–H groups in total. The summed E-state index contributed by atoms with van der Waals surface area (Å²) in [7, 11) is 0. The molecule has 0 aromatic rings. The lowest BCUT2D eigenvalue weighted by Gasteiger charge is -2.20. The minimum absolute atomic E-state index is 0.927. The SMILES string of the molecule is CC(C#N)O[B-](C#N)(C#N)C#N. The van der Waals surface area contributed by atoms with Gasteiger partial charge in [0, 0.05) is 0 Å². The molecule has 12 heavy (non-hydrogen) atoms. The standard InChI is InChI=1S/C6H4BN4O/c1-6(2-8)12-7(3-9,4-10)5-11/h6H,1H3/q-1. The van der Waals surface area contributed by atoms with Crippen molar-refractivity contribution in [3.8, 4) is 24.0 Å². The van der Waals surface area contributed by atoms with Crippen molar-refractivity contribution in [1.82, 2.24) is 0 Å². The van der Waals surface area contributed by atoms with E-state index in [0.717, 1.165) is 0 Å². The van der Waals surface area contributed by atoms with Crippen molar-refractivity contribution in [1.29, 1.82) is 21.0 Å². The molecule has 58 valence electrons. The smallest absolute Gasteiger partial charge is 0.409 e. The summed E-state index contributed by atoms with van der Waals surface area (Å²) in [6, 6.07) is 1.66. The molecule has 0 aromatic carbocycles. The third-order valence-corrected chi connectivity index (χ3v) is 1.14. The van der Waals surface area contributed by atoms with E-state index in [1.165, 1.54) is 24.8 Å². The van der Waals surface area contributed by atoms with Crippen LogP contribution >= 0.6 is 0 Å². The molecule has 6 heteroatoms. The van der Waals surface area contributed by atoms with Crippen LogP contribution in [0, 0.1) is 45.0 Å². The molecule has 0 aliphatic heterocycles. The van der Waals surface area contributed by atoms with Crippen molar-refractivity contribution >= 4 is 6.35 Å². The normalized spacial score (nSPS) is 11.4. The Balaban J connectivity index is 4.65. The van der Waals surface area contributed by atoms with E-state index in [4.69, 9.17) is 21.0 Å². The van der Waals surface area contributed by atoms with Gasteiger partial charge in [-0.05, 0) is 6.92 Å². The average molecular weight is 159 g/mol. The van der Waals surface area contributed by atoms with E-state index in [9.17, 15) is 0 Å². The van der Waals surface area contributed by atoms with Gasteiger partial charge >= 0.3 is 6.35 Å². The van der Waals surface area contributed by atoms with Crippen LogP contribution in [0.4, 0.5) is 0 Å². The van der Waals surface area contributed by atoms with Crippen LogP contribution in [-0.4, -0.2) is 12.5 Å². The lowest BCUT2D eigenvalue weighted by molar-refractivity contribution is 0.281. The van der Waals surface area contributed by atoms with Crippen LogP contribution in [0.25, 0.3) is 0 Å². The highest BCUT2D eigenvalue weighted by molar-refractivity contribution is 6.94. The van der Waals surface area contributed by atoms with Gasteiger partial charge in [0.25, 0.3) is 0 Å². The highest BCUT2D eigenvalue weighted by Crippen LogP contribution is 2.04. The largest absolute Gasteiger partial charge is 0.544 e. The average Bonchev–Trinajstić information content (AvgIpc) is 2.14. The maximum Gasteiger partial charge on any atom is 0.409 e. The first-order chi connectivity index (χ1) is 5.64. The second-order valence-corrected chi connectivity index (χ2v) is 2.08. The highest BCUT2D eigenvalue weighted by atomic mass is 16.5. The predicted octanol–water partition coefficient (Wildman–Crippen LogP) is 0.0489. The fraction of sp³-hybridized carbons (Fsp3) is 0.333. The van der Waals surface area contributed by atoms with E-state index < -0.39 is 12.5 Å². The molecule has 0 fully saturated rings. The van der Waals surface area contributed by atoms with E-state index in [1.54, 1.807) is 6.07 Å². The van der Waals surface area contributed by atoms with Crippen molar-refractivity contribution in [2.75, 3.05) is 0 Å². The number of hydrogen-bond donors (Lipinski definition) is 0. The van der Waals surface area contributed by atoms with Crippen molar-refractivity contribution in [3.05, 3.63) is 0 Å². The Morgan fingerprint density at radius 1 is 1.08 bits per heavy atom. The molecule has 0 aliphatic rings. The van der Waals surface area contributed by atoms with E-state index in [1.807, 2.05) is 0 Å². The van der Waals surface area contributed by atoms with Gasteiger partial charge in [0.2, 0.25) is 0 Å². The Morgan fingerprint density at radius 2 is 1.50 bits per heavy atom. The van der Waals surface area contributed by atoms with Crippen molar-refractivity contribution in [3.63, 3.8) is 0 Å². The van der Waals surface area contributed by atoms with E-state index >= 15 is 0 Å². The summed E-state index contributed by atoms with van der Waals surface area (Å²) in [5.74, 6) is 4.34. The molecule has 0 heterocycles. The van der Waals surface area contributed by atoms with Crippen LogP contribution in [0.5, 0.6) is 0 Å². The third kappa shape index (κ3) is 1.99. The fourth-order valence-electron chi connectivity index (χ4n) is 0.515. The summed E-state index contributed by atoms with van der Waals surface area (Å²) in [6.45, 7) is 1.36. The van der Waals surface area contributed by atoms with Crippen LogP contribution in [0.15, 0.2) is 0 Å². The topological polar surface area (TPSA) is 104 Å². The summed E-state index contributed by atoms with van der Waals surface area (Å²) in [5, 5.41) is 33.5. The lowest BCUT2D eigenvalue weighted by atomic mass is 9.44. The third-order valence-electron chi connectivity index (χ3n) is 1.14. The van der Waals surface area contributed by atoms with Gasteiger partial charge in [-0.3, -0.25) is 0 Å². The maximum absolute atomic E-state index is 8.42. The zero-order chi connectivity index (χ0) is 9.61. The molecule has 0 spiro atoms. The van der Waals surface area contributed by atoms with Gasteiger partial charge in [-0.2, -0.15) is 5.26 Å². The molecule has 1 unspecified atom stereocenters. The molecule has 0 saturated carbocycles. The van der Waals surface area contributed by atoms with E-state index in [0.29, 0.717) is 0 Å². The van der Waals surface area contributed by atoms with Crippen molar-refractivity contribution < 1.29 is 4.65 Å². The minimum atomic E-state index is -2.81. The predicted molar refractivity (Wildman–Crippen MR) is 38.8 cm³/mol. The van der Waals surface area contributed by atoms with Crippen LogP contribution < -0.4 is 0 Å². The highest BCUT2D eigenvalue weighted by Gasteiger charge is 2.27. The molecule has 0 radical (unpaired) electrons. The molecular formula is C6H4BN4O-. The molecule has 1 atom stereocenters. The summed E-state index contributed by atoms with van der Waals surface area (Å²) in [5.41, 5.74) is 0.